The van der Waals surface area contributed by atoms with Crippen LogP contribution in [0.5, 0.6) is 0 Å². The highest BCUT2D eigenvalue weighted by molar-refractivity contribution is 6.30. The molecule has 3 heterocycles. The average molecular weight is 381 g/mol. The number of hydrogen-bond donors (Lipinski definition) is 1. The zero-order valence-electron chi connectivity index (χ0n) is 15.2. The maximum absolute atomic E-state index is 12.9. The molecule has 1 aliphatic heterocycles. The van der Waals surface area contributed by atoms with Gasteiger partial charge in [-0.05, 0) is 31.4 Å². The van der Waals surface area contributed by atoms with E-state index in [0.717, 1.165) is 36.2 Å². The third-order valence-electron chi connectivity index (χ3n) is 5.10. The molecule has 2 aromatic heterocycles. The summed E-state index contributed by atoms with van der Waals surface area (Å²) in [7, 11) is 0. The number of benzene rings is 1. The molecule has 1 aliphatic rings. The molecule has 1 amide bonds. The lowest BCUT2D eigenvalue weighted by atomic mass is 9.90. The first-order valence-corrected chi connectivity index (χ1v) is 9.50. The highest BCUT2D eigenvalue weighted by Gasteiger charge is 2.28. The average Bonchev–Trinajstić information content (AvgIpc) is 3.18. The topological polar surface area (TPSA) is 61.9 Å². The summed E-state index contributed by atoms with van der Waals surface area (Å²) in [5, 5.41) is 7.93. The highest BCUT2D eigenvalue weighted by atomic mass is 35.5. The van der Waals surface area contributed by atoms with Crippen LogP contribution in [0.15, 0.2) is 48.9 Å². The van der Waals surface area contributed by atoms with Crippen LogP contribution in [0.25, 0.3) is 11.1 Å². The molecule has 3 aromatic rings. The molecule has 4 rings (SSSR count). The number of carbonyl (C=O) groups excluding carboxylic acids is 1. The summed E-state index contributed by atoms with van der Waals surface area (Å²) in [5.74, 6) is 0.208. The van der Waals surface area contributed by atoms with E-state index < -0.39 is 0 Å². The van der Waals surface area contributed by atoms with Gasteiger partial charge in [-0.25, -0.2) is 0 Å². The number of amides is 1. The number of carbonyl (C=O) groups is 1. The van der Waals surface area contributed by atoms with Crippen LogP contribution < -0.4 is 0 Å². The van der Waals surface area contributed by atoms with Gasteiger partial charge in [-0.15, -0.1) is 0 Å². The molecule has 1 N–H and O–H groups in total. The molecule has 5 nitrogen and oxygen atoms in total. The SMILES string of the molecule is Cc1ccc(-c2cn[nH]c2[C@H]2CCCN(C(=O)c3cncc(Cl)c3)C2)cc1. The number of aryl methyl sites for hydroxylation is 1. The molecule has 1 atom stereocenters. The molecule has 1 fully saturated rings. The lowest BCUT2D eigenvalue weighted by molar-refractivity contribution is 0.0705. The van der Waals surface area contributed by atoms with Crippen molar-refractivity contribution in [3.05, 3.63) is 70.8 Å². The number of nitrogens with zero attached hydrogens (tertiary/aromatic N) is 3. The first-order chi connectivity index (χ1) is 13.1. The predicted octanol–water partition coefficient (Wildman–Crippen LogP) is 4.45. The van der Waals surface area contributed by atoms with Crippen molar-refractivity contribution in [2.45, 2.75) is 25.7 Å². The third-order valence-corrected chi connectivity index (χ3v) is 5.31. The van der Waals surface area contributed by atoms with Gasteiger partial charge in [0.05, 0.1) is 16.8 Å². The Morgan fingerprint density at radius 1 is 1.22 bits per heavy atom. The summed E-state index contributed by atoms with van der Waals surface area (Å²) in [6.45, 7) is 3.48. The first-order valence-electron chi connectivity index (χ1n) is 9.12. The third kappa shape index (κ3) is 3.74. The summed E-state index contributed by atoms with van der Waals surface area (Å²) in [6.07, 6.45) is 6.97. The Hall–Kier alpha value is -2.66. The Morgan fingerprint density at radius 2 is 2.04 bits per heavy atom. The molecular weight excluding hydrogens is 360 g/mol. The smallest absolute Gasteiger partial charge is 0.255 e. The maximum Gasteiger partial charge on any atom is 0.255 e. The Morgan fingerprint density at radius 3 is 2.81 bits per heavy atom. The van der Waals surface area contributed by atoms with Gasteiger partial charge in [0.1, 0.15) is 0 Å². The second-order valence-corrected chi connectivity index (χ2v) is 7.48. The molecule has 0 saturated carbocycles. The summed E-state index contributed by atoms with van der Waals surface area (Å²) in [4.78, 5) is 18.8. The molecule has 0 bridgehead atoms. The number of likely N-dealkylation sites (tertiary alicyclic amines) is 1. The standard InChI is InChI=1S/C21H21ClN4O/c1-14-4-6-15(7-5-14)19-12-24-25-20(19)16-3-2-8-26(13-16)21(27)17-9-18(22)11-23-10-17/h4-7,9-12,16H,2-3,8,13H2,1H3,(H,24,25)/t16-/m0/s1. The van der Waals surface area contributed by atoms with Crippen LogP contribution in [0.4, 0.5) is 0 Å². The van der Waals surface area contributed by atoms with Gasteiger partial charge >= 0.3 is 0 Å². The number of piperidine rings is 1. The number of rotatable bonds is 3. The van der Waals surface area contributed by atoms with Crippen molar-refractivity contribution in [3.63, 3.8) is 0 Å². The Labute approximate surface area is 163 Å². The minimum Gasteiger partial charge on any atom is -0.338 e. The van der Waals surface area contributed by atoms with Gasteiger partial charge in [0.15, 0.2) is 0 Å². The molecule has 0 aliphatic carbocycles. The molecule has 27 heavy (non-hydrogen) atoms. The monoisotopic (exact) mass is 380 g/mol. The normalized spacial score (nSPS) is 17.1. The number of pyridine rings is 1. The number of hydrogen-bond acceptors (Lipinski definition) is 3. The molecule has 138 valence electrons. The van der Waals surface area contributed by atoms with Gasteiger partial charge in [0, 0.05) is 42.7 Å². The fourth-order valence-corrected chi connectivity index (χ4v) is 3.85. The van der Waals surface area contributed by atoms with Crippen molar-refractivity contribution >= 4 is 17.5 Å². The summed E-state index contributed by atoms with van der Waals surface area (Å²) < 4.78 is 0. The maximum atomic E-state index is 12.9. The fraction of sp³-hybridized carbons (Fsp3) is 0.286. The first kappa shape index (κ1) is 17.7. The zero-order chi connectivity index (χ0) is 18.8. The second kappa shape index (κ2) is 7.53. The van der Waals surface area contributed by atoms with Crippen LogP contribution in [-0.2, 0) is 0 Å². The van der Waals surface area contributed by atoms with Crippen LogP contribution in [0.1, 0.15) is 40.4 Å². The second-order valence-electron chi connectivity index (χ2n) is 7.05. The number of aromatic nitrogens is 3. The van der Waals surface area contributed by atoms with E-state index in [4.69, 9.17) is 11.6 Å². The fourth-order valence-electron chi connectivity index (χ4n) is 3.68. The molecule has 0 radical (unpaired) electrons. The van der Waals surface area contributed by atoms with E-state index >= 15 is 0 Å². The summed E-state index contributed by atoms with van der Waals surface area (Å²) >= 11 is 5.99. The Kier molecular flexibility index (Phi) is 4.94. The zero-order valence-corrected chi connectivity index (χ0v) is 15.9. The van der Waals surface area contributed by atoms with Crippen molar-refractivity contribution in [1.82, 2.24) is 20.1 Å². The van der Waals surface area contributed by atoms with Crippen molar-refractivity contribution < 1.29 is 4.79 Å². The van der Waals surface area contributed by atoms with Gasteiger partial charge in [0.25, 0.3) is 5.91 Å². The van der Waals surface area contributed by atoms with Gasteiger partial charge < -0.3 is 4.90 Å². The largest absolute Gasteiger partial charge is 0.338 e. The van der Waals surface area contributed by atoms with Crippen LogP contribution in [0.2, 0.25) is 5.02 Å². The van der Waals surface area contributed by atoms with Gasteiger partial charge in [-0.2, -0.15) is 5.10 Å². The van der Waals surface area contributed by atoms with Crippen LogP contribution >= 0.6 is 11.6 Å². The van der Waals surface area contributed by atoms with E-state index in [1.54, 1.807) is 12.3 Å². The molecule has 1 saturated heterocycles. The number of aromatic amines is 1. The van der Waals surface area contributed by atoms with E-state index in [0.29, 0.717) is 17.1 Å². The van der Waals surface area contributed by atoms with Crippen LogP contribution in [-0.4, -0.2) is 39.1 Å². The molecule has 0 spiro atoms. The van der Waals surface area contributed by atoms with Gasteiger partial charge in [-0.1, -0.05) is 41.4 Å². The van der Waals surface area contributed by atoms with Gasteiger partial charge in [0.2, 0.25) is 0 Å². The minimum atomic E-state index is -0.0221. The van der Waals surface area contributed by atoms with E-state index in [1.165, 1.54) is 11.8 Å². The number of nitrogens with one attached hydrogen (secondary N) is 1. The molecular formula is C21H21ClN4O. The van der Waals surface area contributed by atoms with Gasteiger partial charge in [-0.3, -0.25) is 14.9 Å². The summed E-state index contributed by atoms with van der Waals surface area (Å²) in [6, 6.07) is 10.1. The van der Waals surface area contributed by atoms with Crippen LogP contribution in [0, 0.1) is 6.92 Å². The van der Waals surface area contributed by atoms with Crippen LogP contribution in [0.3, 0.4) is 0 Å². The predicted molar refractivity (Wildman–Crippen MR) is 106 cm³/mol. The minimum absolute atomic E-state index is 0.0221. The Bertz CT molecular complexity index is 951. The van der Waals surface area contributed by atoms with E-state index in [-0.39, 0.29) is 11.8 Å². The number of H-pyrrole nitrogens is 1. The Balaban J connectivity index is 1.56. The van der Waals surface area contributed by atoms with Crippen molar-refractivity contribution in [1.29, 1.82) is 0 Å². The van der Waals surface area contributed by atoms with Crippen molar-refractivity contribution in [2.24, 2.45) is 0 Å². The molecule has 1 aromatic carbocycles. The molecule has 0 unspecified atom stereocenters. The number of halogens is 1. The summed E-state index contributed by atoms with van der Waals surface area (Å²) in [5.41, 5.74) is 5.12. The van der Waals surface area contributed by atoms with E-state index in [1.807, 2.05) is 11.1 Å². The highest BCUT2D eigenvalue weighted by Crippen LogP contribution is 2.33. The van der Waals surface area contributed by atoms with E-state index in [9.17, 15) is 4.79 Å². The quantitative estimate of drug-likeness (QED) is 0.730. The lowest BCUT2D eigenvalue weighted by Crippen LogP contribution is -2.39. The molecule has 6 heteroatoms. The van der Waals surface area contributed by atoms with Crippen molar-refractivity contribution in [3.8, 4) is 11.1 Å². The van der Waals surface area contributed by atoms with Crippen molar-refractivity contribution in [2.75, 3.05) is 13.1 Å². The lowest BCUT2D eigenvalue weighted by Gasteiger charge is -2.32. The van der Waals surface area contributed by atoms with E-state index in [2.05, 4.69) is 46.4 Å².